The number of benzene rings is 3. The lowest BCUT2D eigenvalue weighted by molar-refractivity contribution is -0.137. The normalized spacial score (nSPS) is 11.8. The summed E-state index contributed by atoms with van der Waals surface area (Å²) in [6.45, 7) is 1.90. The molecule has 0 atom stereocenters. The van der Waals surface area contributed by atoms with Crippen LogP contribution in [-0.2, 0) is 12.6 Å². The van der Waals surface area contributed by atoms with Crippen molar-refractivity contribution in [2.45, 2.75) is 19.5 Å². The summed E-state index contributed by atoms with van der Waals surface area (Å²) in [6, 6.07) is 14.4. The van der Waals surface area contributed by atoms with E-state index in [9.17, 15) is 27.5 Å². The number of fused-ring (bicyclic) bond motifs is 1. The summed E-state index contributed by atoms with van der Waals surface area (Å²) in [6.07, 6.45) is -4.07. The summed E-state index contributed by atoms with van der Waals surface area (Å²) in [5, 5.41) is 10.1. The largest absolute Gasteiger partial charge is 0.478 e. The SMILES string of the molecule is Cc1c(Cc2cccc(C(F)(F)F)c2)sc2c(-c3cc(F)cc(C(=O)O)c3)cccc12. The number of carboxylic acids is 1. The van der Waals surface area contributed by atoms with Crippen molar-refractivity contribution < 1.29 is 27.5 Å². The smallest absolute Gasteiger partial charge is 0.416 e. The van der Waals surface area contributed by atoms with Crippen LogP contribution in [0, 0.1) is 12.7 Å². The minimum atomic E-state index is -4.41. The van der Waals surface area contributed by atoms with Gasteiger partial charge in [0.2, 0.25) is 0 Å². The average molecular weight is 444 g/mol. The van der Waals surface area contributed by atoms with Gasteiger partial charge in [-0.25, -0.2) is 9.18 Å². The van der Waals surface area contributed by atoms with E-state index in [0.29, 0.717) is 23.1 Å². The van der Waals surface area contributed by atoms with E-state index in [-0.39, 0.29) is 5.56 Å². The Balaban J connectivity index is 1.80. The molecule has 4 aromatic rings. The Hall–Kier alpha value is -3.19. The van der Waals surface area contributed by atoms with Crippen LogP contribution in [0.4, 0.5) is 17.6 Å². The number of aryl methyl sites for hydroxylation is 1. The lowest BCUT2D eigenvalue weighted by Crippen LogP contribution is -2.05. The molecule has 7 heteroatoms. The van der Waals surface area contributed by atoms with Crippen molar-refractivity contribution in [1.29, 1.82) is 0 Å². The van der Waals surface area contributed by atoms with Crippen LogP contribution in [-0.4, -0.2) is 11.1 Å². The highest BCUT2D eigenvalue weighted by molar-refractivity contribution is 7.19. The van der Waals surface area contributed by atoms with Gasteiger partial charge in [0.05, 0.1) is 11.1 Å². The molecular formula is C24H16F4O2S. The fourth-order valence-corrected chi connectivity index (χ4v) is 4.98. The first-order valence-electron chi connectivity index (χ1n) is 9.35. The summed E-state index contributed by atoms with van der Waals surface area (Å²) in [7, 11) is 0. The lowest BCUT2D eigenvalue weighted by Gasteiger charge is -2.08. The van der Waals surface area contributed by atoms with Crippen molar-refractivity contribution in [2.24, 2.45) is 0 Å². The molecule has 31 heavy (non-hydrogen) atoms. The minimum absolute atomic E-state index is 0.149. The van der Waals surface area contributed by atoms with Gasteiger partial charge in [-0.15, -0.1) is 11.3 Å². The highest BCUT2D eigenvalue weighted by atomic mass is 32.1. The van der Waals surface area contributed by atoms with Crippen LogP contribution >= 0.6 is 11.3 Å². The molecule has 0 bridgehead atoms. The highest BCUT2D eigenvalue weighted by Gasteiger charge is 2.30. The predicted octanol–water partition coefficient (Wildman–Crippen LogP) is 7.32. The van der Waals surface area contributed by atoms with Gasteiger partial charge >= 0.3 is 12.1 Å². The Bertz CT molecular complexity index is 1300. The van der Waals surface area contributed by atoms with Crippen LogP contribution < -0.4 is 0 Å². The molecule has 0 unspecified atom stereocenters. The molecule has 4 rings (SSSR count). The second kappa shape index (κ2) is 7.81. The van der Waals surface area contributed by atoms with E-state index < -0.39 is 23.5 Å². The van der Waals surface area contributed by atoms with Gasteiger partial charge in [-0.1, -0.05) is 36.4 Å². The van der Waals surface area contributed by atoms with Gasteiger partial charge < -0.3 is 5.11 Å². The molecule has 0 saturated carbocycles. The summed E-state index contributed by atoms with van der Waals surface area (Å²) in [5.41, 5.74) is 1.77. The van der Waals surface area contributed by atoms with E-state index in [0.717, 1.165) is 38.7 Å². The van der Waals surface area contributed by atoms with Gasteiger partial charge in [0, 0.05) is 16.0 Å². The van der Waals surface area contributed by atoms with Gasteiger partial charge in [-0.3, -0.25) is 0 Å². The van der Waals surface area contributed by atoms with Gasteiger partial charge in [0.1, 0.15) is 5.82 Å². The molecule has 0 aliphatic carbocycles. The van der Waals surface area contributed by atoms with Crippen molar-refractivity contribution in [3.05, 3.63) is 93.6 Å². The first-order chi connectivity index (χ1) is 14.6. The van der Waals surface area contributed by atoms with E-state index in [1.165, 1.54) is 29.5 Å². The monoisotopic (exact) mass is 444 g/mol. The summed E-state index contributed by atoms with van der Waals surface area (Å²) < 4.78 is 54.0. The summed E-state index contributed by atoms with van der Waals surface area (Å²) in [5.74, 6) is -1.87. The van der Waals surface area contributed by atoms with E-state index in [4.69, 9.17) is 0 Å². The lowest BCUT2D eigenvalue weighted by atomic mass is 9.99. The molecule has 2 nitrogen and oxygen atoms in total. The maximum Gasteiger partial charge on any atom is 0.416 e. The number of thiophene rings is 1. The third kappa shape index (κ3) is 4.18. The van der Waals surface area contributed by atoms with Crippen molar-refractivity contribution in [3.63, 3.8) is 0 Å². The van der Waals surface area contributed by atoms with Gasteiger partial charge in [0.25, 0.3) is 0 Å². The Kier molecular flexibility index (Phi) is 5.31. The second-order valence-corrected chi connectivity index (χ2v) is 8.35. The van der Waals surface area contributed by atoms with E-state index in [2.05, 4.69) is 0 Å². The Morgan fingerprint density at radius 3 is 2.48 bits per heavy atom. The molecule has 0 saturated heterocycles. The Labute approximate surface area is 179 Å². The number of aromatic carboxylic acids is 1. The molecule has 0 fully saturated rings. The predicted molar refractivity (Wildman–Crippen MR) is 113 cm³/mol. The van der Waals surface area contributed by atoms with Crippen molar-refractivity contribution in [2.75, 3.05) is 0 Å². The maximum absolute atomic E-state index is 14.0. The number of alkyl halides is 3. The molecule has 3 aromatic carbocycles. The van der Waals surface area contributed by atoms with E-state index >= 15 is 0 Å². The van der Waals surface area contributed by atoms with Gasteiger partial charge in [-0.05, 0) is 58.8 Å². The second-order valence-electron chi connectivity index (χ2n) is 7.24. The zero-order chi connectivity index (χ0) is 22.3. The van der Waals surface area contributed by atoms with Crippen LogP contribution in [0.15, 0.2) is 60.7 Å². The van der Waals surface area contributed by atoms with Crippen molar-refractivity contribution >= 4 is 27.4 Å². The molecule has 158 valence electrons. The summed E-state index contributed by atoms with van der Waals surface area (Å²) >= 11 is 1.42. The number of rotatable bonds is 4. The fourth-order valence-electron chi connectivity index (χ4n) is 3.60. The molecule has 1 heterocycles. The van der Waals surface area contributed by atoms with Crippen molar-refractivity contribution in [1.82, 2.24) is 0 Å². The van der Waals surface area contributed by atoms with Gasteiger partial charge in [0.15, 0.2) is 0 Å². The average Bonchev–Trinajstić information content (AvgIpc) is 3.02. The number of halogens is 4. The molecule has 1 N–H and O–H groups in total. The minimum Gasteiger partial charge on any atom is -0.478 e. The van der Waals surface area contributed by atoms with Crippen LogP contribution in [0.5, 0.6) is 0 Å². The van der Waals surface area contributed by atoms with Crippen LogP contribution in [0.2, 0.25) is 0 Å². The third-order valence-electron chi connectivity index (χ3n) is 5.14. The molecule has 0 aliphatic rings. The number of hydrogen-bond acceptors (Lipinski definition) is 2. The van der Waals surface area contributed by atoms with Crippen LogP contribution in [0.25, 0.3) is 21.2 Å². The Morgan fingerprint density at radius 2 is 1.77 bits per heavy atom. The highest BCUT2D eigenvalue weighted by Crippen LogP contribution is 2.39. The molecule has 0 radical (unpaired) electrons. The van der Waals surface area contributed by atoms with E-state index in [1.807, 2.05) is 13.0 Å². The summed E-state index contributed by atoms with van der Waals surface area (Å²) in [4.78, 5) is 12.2. The van der Waals surface area contributed by atoms with Gasteiger partial charge in [-0.2, -0.15) is 13.2 Å². The molecule has 1 aromatic heterocycles. The topological polar surface area (TPSA) is 37.3 Å². The zero-order valence-corrected chi connectivity index (χ0v) is 17.1. The fraction of sp³-hybridized carbons (Fsp3) is 0.125. The molecule has 0 aliphatic heterocycles. The first-order valence-corrected chi connectivity index (χ1v) is 10.2. The van der Waals surface area contributed by atoms with Crippen LogP contribution in [0.3, 0.4) is 0 Å². The standard InChI is InChI=1S/C24H16F4O2S/c1-13-19-6-3-7-20(15-10-16(23(29)30)12-18(25)11-15)22(19)31-21(13)9-14-4-2-5-17(8-14)24(26,27)28/h2-8,10-12H,9H2,1H3,(H,29,30). The van der Waals surface area contributed by atoms with Crippen LogP contribution in [0.1, 0.15) is 31.9 Å². The quantitative estimate of drug-likeness (QED) is 0.335. The number of carboxylic acid groups (broad SMARTS) is 1. The first kappa shape index (κ1) is 21.1. The maximum atomic E-state index is 14.0. The molecule has 0 spiro atoms. The van der Waals surface area contributed by atoms with Crippen molar-refractivity contribution in [3.8, 4) is 11.1 Å². The van der Waals surface area contributed by atoms with E-state index in [1.54, 1.807) is 18.2 Å². The number of hydrogen-bond donors (Lipinski definition) is 1. The number of carbonyl (C=O) groups is 1. The zero-order valence-electron chi connectivity index (χ0n) is 16.3. The molecule has 0 amide bonds. The third-order valence-corrected chi connectivity index (χ3v) is 6.48. The Morgan fingerprint density at radius 1 is 1.03 bits per heavy atom. The molecular weight excluding hydrogens is 428 g/mol.